The molecule has 1 aromatic carbocycles. The SMILES string of the molecule is CCOc1c(C(C)CCS)cc(C)cc1C(C)(C)C. The summed E-state index contributed by atoms with van der Waals surface area (Å²) in [6.45, 7) is 13.9. The zero-order valence-corrected chi connectivity index (χ0v) is 14.1. The zero-order chi connectivity index (χ0) is 14.6. The lowest BCUT2D eigenvalue weighted by Crippen LogP contribution is -2.16. The summed E-state index contributed by atoms with van der Waals surface area (Å²) in [7, 11) is 0. The molecule has 0 heterocycles. The van der Waals surface area contributed by atoms with E-state index in [0.717, 1.165) is 17.9 Å². The summed E-state index contributed by atoms with van der Waals surface area (Å²) in [6.07, 6.45) is 1.08. The van der Waals surface area contributed by atoms with Gasteiger partial charge >= 0.3 is 0 Å². The average molecular weight is 280 g/mol. The predicted molar refractivity (Wildman–Crippen MR) is 87.9 cm³/mol. The highest BCUT2D eigenvalue weighted by atomic mass is 32.1. The van der Waals surface area contributed by atoms with Crippen molar-refractivity contribution < 1.29 is 4.74 Å². The minimum atomic E-state index is 0.103. The van der Waals surface area contributed by atoms with Gasteiger partial charge in [0.05, 0.1) is 6.61 Å². The molecule has 0 aliphatic rings. The molecule has 0 bridgehead atoms. The van der Waals surface area contributed by atoms with E-state index >= 15 is 0 Å². The van der Waals surface area contributed by atoms with E-state index < -0.39 is 0 Å². The van der Waals surface area contributed by atoms with Crippen LogP contribution in [0.3, 0.4) is 0 Å². The Balaban J connectivity index is 3.39. The van der Waals surface area contributed by atoms with E-state index in [0.29, 0.717) is 12.5 Å². The van der Waals surface area contributed by atoms with Gasteiger partial charge in [-0.25, -0.2) is 0 Å². The lowest BCUT2D eigenvalue weighted by molar-refractivity contribution is 0.324. The summed E-state index contributed by atoms with van der Waals surface area (Å²) < 4.78 is 5.99. The number of benzene rings is 1. The van der Waals surface area contributed by atoms with Crippen molar-refractivity contribution >= 4 is 12.6 Å². The van der Waals surface area contributed by atoms with E-state index in [1.54, 1.807) is 0 Å². The van der Waals surface area contributed by atoms with Crippen LogP contribution >= 0.6 is 12.6 Å². The molecule has 1 nitrogen and oxygen atoms in total. The smallest absolute Gasteiger partial charge is 0.126 e. The standard InChI is InChI=1S/C17H28OS/c1-7-18-16-14(13(3)8-9-19)10-12(2)11-15(16)17(4,5)6/h10-11,13,19H,7-9H2,1-6H3. The van der Waals surface area contributed by atoms with Crippen LogP contribution in [0.2, 0.25) is 0 Å². The first kappa shape index (κ1) is 16.4. The lowest BCUT2D eigenvalue weighted by atomic mass is 9.82. The highest BCUT2D eigenvalue weighted by Gasteiger charge is 2.23. The number of aryl methyl sites for hydroxylation is 1. The van der Waals surface area contributed by atoms with E-state index in [1.807, 2.05) is 0 Å². The molecule has 0 radical (unpaired) electrons. The van der Waals surface area contributed by atoms with Crippen LogP contribution in [0.4, 0.5) is 0 Å². The first-order chi connectivity index (χ1) is 8.81. The van der Waals surface area contributed by atoms with Crippen LogP contribution in [0.1, 0.15) is 63.6 Å². The molecule has 0 N–H and O–H groups in total. The molecule has 1 unspecified atom stereocenters. The van der Waals surface area contributed by atoms with Crippen LogP contribution < -0.4 is 4.74 Å². The van der Waals surface area contributed by atoms with Crippen LogP contribution in [0.15, 0.2) is 12.1 Å². The van der Waals surface area contributed by atoms with Crippen molar-refractivity contribution in [3.63, 3.8) is 0 Å². The molecule has 1 rings (SSSR count). The quantitative estimate of drug-likeness (QED) is 0.737. The number of thiol groups is 1. The monoisotopic (exact) mass is 280 g/mol. The van der Waals surface area contributed by atoms with E-state index in [4.69, 9.17) is 4.74 Å². The molecule has 0 aromatic heterocycles. The van der Waals surface area contributed by atoms with Gasteiger partial charge in [0.2, 0.25) is 0 Å². The first-order valence-electron chi connectivity index (χ1n) is 7.20. The Morgan fingerprint density at radius 3 is 2.37 bits per heavy atom. The van der Waals surface area contributed by atoms with Gasteiger partial charge in [0.15, 0.2) is 0 Å². The van der Waals surface area contributed by atoms with Gasteiger partial charge in [0.25, 0.3) is 0 Å². The Kier molecular flexibility index (Phi) is 5.79. The van der Waals surface area contributed by atoms with Crippen LogP contribution in [0.5, 0.6) is 5.75 Å². The molecule has 0 aliphatic carbocycles. The van der Waals surface area contributed by atoms with Gasteiger partial charge in [-0.2, -0.15) is 12.6 Å². The summed E-state index contributed by atoms with van der Waals surface area (Å²) in [5.41, 5.74) is 4.07. The van der Waals surface area contributed by atoms with Crippen molar-refractivity contribution in [2.24, 2.45) is 0 Å². The van der Waals surface area contributed by atoms with Crippen LogP contribution in [-0.4, -0.2) is 12.4 Å². The van der Waals surface area contributed by atoms with Gasteiger partial charge < -0.3 is 4.74 Å². The molecule has 0 amide bonds. The van der Waals surface area contributed by atoms with Crippen LogP contribution in [0.25, 0.3) is 0 Å². The highest BCUT2D eigenvalue weighted by molar-refractivity contribution is 7.80. The van der Waals surface area contributed by atoms with Crippen molar-refractivity contribution in [2.75, 3.05) is 12.4 Å². The maximum Gasteiger partial charge on any atom is 0.126 e. The first-order valence-corrected chi connectivity index (χ1v) is 7.83. The molecule has 2 heteroatoms. The fourth-order valence-electron chi connectivity index (χ4n) is 2.38. The summed E-state index contributed by atoms with van der Waals surface area (Å²) in [5.74, 6) is 2.49. The topological polar surface area (TPSA) is 9.23 Å². The van der Waals surface area contributed by atoms with Crippen molar-refractivity contribution in [1.82, 2.24) is 0 Å². The van der Waals surface area contributed by atoms with Gasteiger partial charge in [-0.1, -0.05) is 45.4 Å². The molecular formula is C17H28OS. The molecule has 0 saturated heterocycles. The third-order valence-electron chi connectivity index (χ3n) is 3.45. The largest absolute Gasteiger partial charge is 0.493 e. The molecule has 0 fully saturated rings. The van der Waals surface area contributed by atoms with Gasteiger partial charge in [-0.3, -0.25) is 0 Å². The second-order valence-electron chi connectivity index (χ2n) is 6.33. The molecule has 1 atom stereocenters. The molecule has 1 aromatic rings. The van der Waals surface area contributed by atoms with E-state index in [1.165, 1.54) is 16.7 Å². The van der Waals surface area contributed by atoms with E-state index in [9.17, 15) is 0 Å². The fourth-order valence-corrected chi connectivity index (χ4v) is 2.77. The van der Waals surface area contributed by atoms with Crippen molar-refractivity contribution in [3.8, 4) is 5.75 Å². The molecule has 0 spiro atoms. The number of hydrogen-bond acceptors (Lipinski definition) is 2. The molecule has 0 aliphatic heterocycles. The predicted octanol–water partition coefficient (Wildman–Crippen LogP) is 5.11. The number of ether oxygens (including phenoxy) is 1. The highest BCUT2D eigenvalue weighted by Crippen LogP contribution is 2.39. The second kappa shape index (κ2) is 6.69. The lowest BCUT2D eigenvalue weighted by Gasteiger charge is -2.27. The Hall–Kier alpha value is -0.630. The third-order valence-corrected chi connectivity index (χ3v) is 3.71. The summed E-state index contributed by atoms with van der Waals surface area (Å²) in [4.78, 5) is 0. The second-order valence-corrected chi connectivity index (χ2v) is 6.77. The Bertz CT molecular complexity index is 418. The molecule has 0 saturated carbocycles. The third kappa shape index (κ3) is 4.17. The van der Waals surface area contributed by atoms with E-state index in [2.05, 4.69) is 66.3 Å². The average Bonchev–Trinajstić information content (AvgIpc) is 2.30. The van der Waals surface area contributed by atoms with Crippen LogP contribution in [-0.2, 0) is 5.41 Å². The zero-order valence-electron chi connectivity index (χ0n) is 13.2. The maximum absolute atomic E-state index is 5.99. The molecule has 108 valence electrons. The summed E-state index contributed by atoms with van der Waals surface area (Å²) >= 11 is 4.36. The molecular weight excluding hydrogens is 252 g/mol. The Labute approximate surface area is 124 Å². The van der Waals surface area contributed by atoms with Gasteiger partial charge in [-0.15, -0.1) is 0 Å². The molecule has 19 heavy (non-hydrogen) atoms. The summed E-state index contributed by atoms with van der Waals surface area (Å²) in [6, 6.07) is 4.54. The Morgan fingerprint density at radius 2 is 1.89 bits per heavy atom. The van der Waals surface area contributed by atoms with E-state index in [-0.39, 0.29) is 5.41 Å². The number of rotatable bonds is 5. The number of hydrogen-bond donors (Lipinski definition) is 1. The fraction of sp³-hybridized carbons (Fsp3) is 0.647. The van der Waals surface area contributed by atoms with Crippen molar-refractivity contribution in [1.29, 1.82) is 0 Å². The normalized spacial score (nSPS) is 13.4. The minimum Gasteiger partial charge on any atom is -0.493 e. The van der Waals surface area contributed by atoms with Gasteiger partial charge in [0, 0.05) is 5.56 Å². The van der Waals surface area contributed by atoms with Gasteiger partial charge in [-0.05, 0) is 42.9 Å². The van der Waals surface area contributed by atoms with Crippen LogP contribution in [0, 0.1) is 6.92 Å². The van der Waals surface area contributed by atoms with Gasteiger partial charge in [0.1, 0.15) is 5.75 Å². The van der Waals surface area contributed by atoms with Crippen molar-refractivity contribution in [2.45, 2.75) is 59.3 Å². The van der Waals surface area contributed by atoms with Crippen molar-refractivity contribution in [3.05, 3.63) is 28.8 Å². The summed E-state index contributed by atoms with van der Waals surface area (Å²) in [5, 5.41) is 0. The Morgan fingerprint density at radius 1 is 1.26 bits per heavy atom. The maximum atomic E-state index is 5.99. The minimum absolute atomic E-state index is 0.103.